The minimum atomic E-state index is -4.47. The fourth-order valence-electron chi connectivity index (χ4n) is 1.56. The van der Waals surface area contributed by atoms with Crippen LogP contribution in [0.1, 0.15) is 23.8 Å². The number of hydrogen-bond acceptors (Lipinski definition) is 2. The number of hydrogen-bond donors (Lipinski definition) is 0. The van der Waals surface area contributed by atoms with E-state index in [2.05, 4.69) is 20.9 Å². The van der Waals surface area contributed by atoms with Crippen LogP contribution in [-0.2, 0) is 6.18 Å². The SMILES string of the molecule is CC(Cl)c1ncc(-c2ccc(Br)cc2C(F)(F)F)o1. The number of nitrogens with zero attached hydrogens (tertiary/aromatic N) is 1. The molecule has 0 spiro atoms. The Kier molecular flexibility index (Phi) is 3.92. The molecule has 0 fully saturated rings. The Morgan fingerprint density at radius 2 is 2.05 bits per heavy atom. The summed E-state index contributed by atoms with van der Waals surface area (Å²) in [5.74, 6) is 0.232. The summed E-state index contributed by atoms with van der Waals surface area (Å²) in [6.45, 7) is 1.63. The highest BCUT2D eigenvalue weighted by molar-refractivity contribution is 9.10. The van der Waals surface area contributed by atoms with Gasteiger partial charge in [0, 0.05) is 10.0 Å². The van der Waals surface area contributed by atoms with Gasteiger partial charge in [-0.05, 0) is 25.1 Å². The first-order valence-corrected chi connectivity index (χ1v) is 6.49. The van der Waals surface area contributed by atoms with Crippen LogP contribution >= 0.6 is 27.5 Å². The molecule has 1 unspecified atom stereocenters. The maximum absolute atomic E-state index is 13.0. The summed E-state index contributed by atoms with van der Waals surface area (Å²) in [7, 11) is 0. The number of oxazole rings is 1. The van der Waals surface area contributed by atoms with Crippen molar-refractivity contribution >= 4 is 27.5 Å². The van der Waals surface area contributed by atoms with Gasteiger partial charge in [0.25, 0.3) is 0 Å². The third-order valence-corrected chi connectivity index (χ3v) is 3.10. The summed E-state index contributed by atoms with van der Waals surface area (Å²) in [5, 5.41) is -0.501. The maximum atomic E-state index is 13.0. The molecular weight excluding hydrogens is 346 g/mol. The van der Waals surface area contributed by atoms with Gasteiger partial charge < -0.3 is 4.42 Å². The van der Waals surface area contributed by atoms with E-state index in [4.69, 9.17) is 16.0 Å². The van der Waals surface area contributed by atoms with Crippen molar-refractivity contribution in [2.24, 2.45) is 0 Å². The molecule has 0 saturated heterocycles. The van der Waals surface area contributed by atoms with Gasteiger partial charge in [-0.15, -0.1) is 11.6 Å². The van der Waals surface area contributed by atoms with Gasteiger partial charge in [-0.2, -0.15) is 13.2 Å². The Labute approximate surface area is 120 Å². The van der Waals surface area contributed by atoms with Gasteiger partial charge >= 0.3 is 6.18 Å². The Balaban J connectivity index is 2.55. The van der Waals surface area contributed by atoms with Crippen molar-refractivity contribution < 1.29 is 17.6 Å². The van der Waals surface area contributed by atoms with Gasteiger partial charge in [0.15, 0.2) is 5.76 Å². The third-order valence-electron chi connectivity index (χ3n) is 2.42. The lowest BCUT2D eigenvalue weighted by Gasteiger charge is -2.11. The fourth-order valence-corrected chi connectivity index (χ4v) is 2.02. The molecule has 0 aliphatic carbocycles. The van der Waals surface area contributed by atoms with E-state index < -0.39 is 17.1 Å². The lowest BCUT2D eigenvalue weighted by Crippen LogP contribution is -2.06. The van der Waals surface area contributed by atoms with Crippen LogP contribution in [-0.4, -0.2) is 4.98 Å². The highest BCUT2D eigenvalue weighted by atomic mass is 79.9. The van der Waals surface area contributed by atoms with E-state index in [0.717, 1.165) is 6.07 Å². The van der Waals surface area contributed by atoms with Gasteiger partial charge in [0.2, 0.25) is 5.89 Å². The second kappa shape index (κ2) is 5.17. The molecule has 0 radical (unpaired) electrons. The second-order valence-electron chi connectivity index (χ2n) is 3.87. The summed E-state index contributed by atoms with van der Waals surface area (Å²) in [4.78, 5) is 3.86. The minimum Gasteiger partial charge on any atom is -0.439 e. The largest absolute Gasteiger partial charge is 0.439 e. The topological polar surface area (TPSA) is 26.0 Å². The summed E-state index contributed by atoms with van der Waals surface area (Å²) in [5.41, 5.74) is -0.849. The molecule has 2 rings (SSSR count). The lowest BCUT2D eigenvalue weighted by atomic mass is 10.1. The average Bonchev–Trinajstić information content (AvgIpc) is 2.77. The summed E-state index contributed by atoms with van der Waals surface area (Å²) < 4.78 is 44.5. The molecule has 0 amide bonds. The molecular formula is C12H8BrClF3NO. The molecule has 0 bridgehead atoms. The summed E-state index contributed by atoms with van der Waals surface area (Å²) in [6, 6.07) is 3.84. The number of aromatic nitrogens is 1. The summed E-state index contributed by atoms with van der Waals surface area (Å²) in [6.07, 6.45) is -3.23. The Morgan fingerprint density at radius 1 is 1.37 bits per heavy atom. The van der Waals surface area contributed by atoms with E-state index in [1.807, 2.05) is 0 Å². The van der Waals surface area contributed by atoms with E-state index in [9.17, 15) is 13.2 Å². The molecule has 7 heteroatoms. The van der Waals surface area contributed by atoms with Crippen LogP contribution < -0.4 is 0 Å². The van der Waals surface area contributed by atoms with Crippen LogP contribution in [0.3, 0.4) is 0 Å². The van der Waals surface area contributed by atoms with Crippen LogP contribution in [0, 0.1) is 0 Å². The van der Waals surface area contributed by atoms with Crippen molar-refractivity contribution in [3.8, 4) is 11.3 Å². The molecule has 0 aliphatic rings. The predicted molar refractivity (Wildman–Crippen MR) is 68.9 cm³/mol. The van der Waals surface area contributed by atoms with Gasteiger partial charge in [0.1, 0.15) is 5.38 Å². The second-order valence-corrected chi connectivity index (χ2v) is 5.44. The third kappa shape index (κ3) is 3.12. The molecule has 0 aliphatic heterocycles. The fraction of sp³-hybridized carbons (Fsp3) is 0.250. The van der Waals surface area contributed by atoms with E-state index in [0.29, 0.717) is 4.47 Å². The number of rotatable bonds is 2. The molecule has 19 heavy (non-hydrogen) atoms. The molecule has 1 aromatic heterocycles. The van der Waals surface area contributed by atoms with E-state index >= 15 is 0 Å². The quantitative estimate of drug-likeness (QED) is 0.673. The zero-order valence-electron chi connectivity index (χ0n) is 9.63. The molecule has 2 nitrogen and oxygen atoms in total. The Morgan fingerprint density at radius 3 is 2.58 bits per heavy atom. The molecule has 1 heterocycles. The van der Waals surface area contributed by atoms with Crippen molar-refractivity contribution in [3.63, 3.8) is 0 Å². The zero-order valence-corrected chi connectivity index (χ0v) is 12.0. The van der Waals surface area contributed by atoms with Crippen molar-refractivity contribution in [2.45, 2.75) is 18.5 Å². The molecule has 0 saturated carbocycles. The van der Waals surface area contributed by atoms with Crippen molar-refractivity contribution in [1.29, 1.82) is 0 Å². The highest BCUT2D eigenvalue weighted by Gasteiger charge is 2.34. The smallest absolute Gasteiger partial charge is 0.417 e. The minimum absolute atomic E-state index is 0.0438. The average molecular weight is 355 g/mol. The Bertz CT molecular complexity index is 595. The standard InChI is InChI=1S/C12H8BrClF3NO/c1-6(14)11-18-5-10(19-11)8-3-2-7(13)4-9(8)12(15,16)17/h2-6H,1H3. The van der Waals surface area contributed by atoms with Crippen LogP contribution in [0.4, 0.5) is 13.2 Å². The predicted octanol–water partition coefficient (Wildman–Crippen LogP) is 5.42. The van der Waals surface area contributed by atoms with Crippen LogP contribution in [0.5, 0.6) is 0 Å². The zero-order chi connectivity index (χ0) is 14.2. The van der Waals surface area contributed by atoms with Crippen LogP contribution in [0.15, 0.2) is 33.3 Å². The van der Waals surface area contributed by atoms with Crippen molar-refractivity contribution in [3.05, 3.63) is 40.3 Å². The maximum Gasteiger partial charge on any atom is 0.417 e. The normalized spacial score (nSPS) is 13.6. The summed E-state index contributed by atoms with van der Waals surface area (Å²) >= 11 is 8.80. The number of halogens is 5. The van der Waals surface area contributed by atoms with E-state index in [1.54, 1.807) is 6.92 Å². The lowest BCUT2D eigenvalue weighted by molar-refractivity contribution is -0.137. The van der Waals surface area contributed by atoms with Crippen LogP contribution in [0.25, 0.3) is 11.3 Å². The first-order valence-electron chi connectivity index (χ1n) is 5.26. The van der Waals surface area contributed by atoms with E-state index in [1.165, 1.54) is 18.3 Å². The Hall–Kier alpha value is -1.01. The van der Waals surface area contributed by atoms with Crippen molar-refractivity contribution in [2.75, 3.05) is 0 Å². The number of benzene rings is 1. The molecule has 102 valence electrons. The number of alkyl halides is 4. The first kappa shape index (κ1) is 14.4. The molecule has 1 aromatic carbocycles. The van der Waals surface area contributed by atoms with Gasteiger partial charge in [-0.1, -0.05) is 15.9 Å². The molecule has 0 N–H and O–H groups in total. The van der Waals surface area contributed by atoms with Gasteiger partial charge in [-0.3, -0.25) is 0 Å². The van der Waals surface area contributed by atoms with Crippen molar-refractivity contribution in [1.82, 2.24) is 4.98 Å². The van der Waals surface area contributed by atoms with Gasteiger partial charge in [0.05, 0.1) is 11.8 Å². The monoisotopic (exact) mass is 353 g/mol. The van der Waals surface area contributed by atoms with E-state index in [-0.39, 0.29) is 17.2 Å². The molecule has 1 atom stereocenters. The first-order chi connectivity index (χ1) is 8.79. The van der Waals surface area contributed by atoms with Gasteiger partial charge in [-0.25, -0.2) is 4.98 Å². The van der Waals surface area contributed by atoms with Crippen LogP contribution in [0.2, 0.25) is 0 Å². The molecule has 2 aromatic rings. The highest BCUT2D eigenvalue weighted by Crippen LogP contribution is 2.39.